The molecule has 2 rings (SSSR count). The van der Waals surface area contributed by atoms with Crippen molar-refractivity contribution in [3.8, 4) is 0 Å². The average Bonchev–Trinajstić information content (AvgIpc) is 2.74. The van der Waals surface area contributed by atoms with Crippen molar-refractivity contribution in [1.29, 1.82) is 0 Å². The van der Waals surface area contributed by atoms with Crippen molar-refractivity contribution in [2.45, 2.75) is 39.4 Å². The van der Waals surface area contributed by atoms with Crippen LogP contribution >= 0.6 is 0 Å². The van der Waals surface area contributed by atoms with E-state index >= 15 is 0 Å². The summed E-state index contributed by atoms with van der Waals surface area (Å²) >= 11 is 0. The summed E-state index contributed by atoms with van der Waals surface area (Å²) in [6.07, 6.45) is -0.982. The summed E-state index contributed by atoms with van der Waals surface area (Å²) < 4.78 is 10.6. The molecule has 0 radical (unpaired) electrons. The lowest BCUT2D eigenvalue weighted by Crippen LogP contribution is -2.46. The van der Waals surface area contributed by atoms with E-state index in [-0.39, 0.29) is 31.4 Å². The van der Waals surface area contributed by atoms with Crippen LogP contribution in [0.4, 0.5) is 4.79 Å². The van der Waals surface area contributed by atoms with Crippen LogP contribution in [-0.2, 0) is 30.5 Å². The molecule has 1 unspecified atom stereocenters. The predicted molar refractivity (Wildman–Crippen MR) is 109 cm³/mol. The van der Waals surface area contributed by atoms with E-state index in [0.29, 0.717) is 32.7 Å². The van der Waals surface area contributed by atoms with E-state index in [4.69, 9.17) is 14.3 Å². The lowest BCUT2D eigenvalue weighted by molar-refractivity contribution is -0.135. The van der Waals surface area contributed by atoms with Crippen LogP contribution in [0.25, 0.3) is 0 Å². The Labute approximate surface area is 177 Å². The number of benzene rings is 1. The van der Waals surface area contributed by atoms with E-state index in [0.717, 1.165) is 5.56 Å². The fourth-order valence-electron chi connectivity index (χ4n) is 2.82. The number of nitrogens with zero attached hydrogens (tertiary/aromatic N) is 1. The maximum absolute atomic E-state index is 12.5. The smallest absolute Gasteiger partial charge is 0.410 e. The van der Waals surface area contributed by atoms with Crippen LogP contribution in [-0.4, -0.2) is 61.8 Å². The Kier molecular flexibility index (Phi) is 10.1. The SMILES string of the molecule is CC(C)CC(OC(=O)N1CCOCC1)C(=O)NCCC(=O)NOCc1ccccc1. The Bertz CT molecular complexity index is 677. The van der Waals surface area contributed by atoms with Crippen molar-refractivity contribution in [2.24, 2.45) is 5.92 Å². The molecule has 166 valence electrons. The third-order valence-electron chi connectivity index (χ3n) is 4.41. The number of hydrogen-bond donors (Lipinski definition) is 2. The Morgan fingerprint density at radius 2 is 1.83 bits per heavy atom. The first-order valence-electron chi connectivity index (χ1n) is 10.2. The van der Waals surface area contributed by atoms with Gasteiger partial charge in [-0.3, -0.25) is 14.4 Å². The number of ether oxygens (including phenoxy) is 2. The third kappa shape index (κ3) is 8.79. The second-order valence-corrected chi connectivity index (χ2v) is 7.44. The molecule has 1 aromatic carbocycles. The highest BCUT2D eigenvalue weighted by molar-refractivity contribution is 5.84. The Hall–Kier alpha value is -2.65. The molecule has 3 amide bonds. The van der Waals surface area contributed by atoms with Crippen LogP contribution in [0.1, 0.15) is 32.3 Å². The average molecular weight is 421 g/mol. The number of rotatable bonds is 10. The van der Waals surface area contributed by atoms with Crippen LogP contribution in [0.15, 0.2) is 30.3 Å². The number of carbonyl (C=O) groups is 3. The van der Waals surface area contributed by atoms with E-state index < -0.39 is 18.1 Å². The van der Waals surface area contributed by atoms with E-state index in [1.54, 1.807) is 0 Å². The second-order valence-electron chi connectivity index (χ2n) is 7.44. The Morgan fingerprint density at radius 3 is 2.50 bits per heavy atom. The topological polar surface area (TPSA) is 106 Å². The van der Waals surface area contributed by atoms with Crippen molar-refractivity contribution in [3.63, 3.8) is 0 Å². The zero-order valence-electron chi connectivity index (χ0n) is 17.6. The predicted octanol–water partition coefficient (Wildman–Crippen LogP) is 1.62. The van der Waals surface area contributed by atoms with Crippen molar-refractivity contribution < 1.29 is 28.7 Å². The molecule has 1 atom stereocenters. The fourth-order valence-corrected chi connectivity index (χ4v) is 2.82. The largest absolute Gasteiger partial charge is 0.436 e. The van der Waals surface area contributed by atoms with Crippen molar-refractivity contribution in [3.05, 3.63) is 35.9 Å². The number of hydrogen-bond acceptors (Lipinski definition) is 6. The number of hydroxylamine groups is 1. The van der Waals surface area contributed by atoms with Crippen molar-refractivity contribution in [1.82, 2.24) is 15.7 Å². The normalized spacial score (nSPS) is 14.8. The maximum Gasteiger partial charge on any atom is 0.410 e. The fraction of sp³-hybridized carbons (Fsp3) is 0.571. The minimum absolute atomic E-state index is 0.0480. The highest BCUT2D eigenvalue weighted by Gasteiger charge is 2.27. The molecule has 1 saturated heterocycles. The van der Waals surface area contributed by atoms with Crippen LogP contribution < -0.4 is 10.8 Å². The van der Waals surface area contributed by atoms with Gasteiger partial charge in [-0.05, 0) is 17.9 Å². The van der Waals surface area contributed by atoms with Crippen LogP contribution in [0, 0.1) is 5.92 Å². The van der Waals surface area contributed by atoms with Gasteiger partial charge in [0.15, 0.2) is 6.10 Å². The summed E-state index contributed by atoms with van der Waals surface area (Å²) in [5.74, 6) is -0.604. The van der Waals surface area contributed by atoms with Crippen molar-refractivity contribution in [2.75, 3.05) is 32.8 Å². The summed E-state index contributed by atoms with van der Waals surface area (Å²) in [7, 11) is 0. The van der Waals surface area contributed by atoms with E-state index in [1.165, 1.54) is 4.90 Å². The Morgan fingerprint density at radius 1 is 1.13 bits per heavy atom. The van der Waals surface area contributed by atoms with Gasteiger partial charge in [0.25, 0.3) is 5.91 Å². The zero-order chi connectivity index (χ0) is 21.8. The summed E-state index contributed by atoms with van der Waals surface area (Å²) in [4.78, 5) is 43.3. The summed E-state index contributed by atoms with van der Waals surface area (Å²) in [5.41, 5.74) is 3.28. The van der Waals surface area contributed by atoms with Gasteiger partial charge in [-0.25, -0.2) is 10.3 Å². The van der Waals surface area contributed by atoms with E-state index in [2.05, 4.69) is 10.8 Å². The molecule has 0 aliphatic carbocycles. The molecule has 1 aromatic rings. The zero-order valence-corrected chi connectivity index (χ0v) is 17.6. The number of amides is 3. The molecule has 0 saturated carbocycles. The molecule has 0 aromatic heterocycles. The lowest BCUT2D eigenvalue weighted by Gasteiger charge is -2.28. The summed E-state index contributed by atoms with van der Waals surface area (Å²) in [6.45, 7) is 6.06. The van der Waals surface area contributed by atoms with Gasteiger partial charge in [0.1, 0.15) is 0 Å². The van der Waals surface area contributed by atoms with Crippen LogP contribution in [0.3, 0.4) is 0 Å². The molecular weight excluding hydrogens is 390 g/mol. The van der Waals surface area contributed by atoms with Gasteiger partial charge in [-0.15, -0.1) is 0 Å². The van der Waals surface area contributed by atoms with Gasteiger partial charge < -0.3 is 19.7 Å². The van der Waals surface area contributed by atoms with Gasteiger partial charge in [0, 0.05) is 26.1 Å². The van der Waals surface area contributed by atoms with Gasteiger partial charge in [-0.2, -0.15) is 0 Å². The molecular formula is C21H31N3O6. The van der Waals surface area contributed by atoms with Crippen LogP contribution in [0.5, 0.6) is 0 Å². The molecule has 1 aliphatic heterocycles. The first-order valence-corrected chi connectivity index (χ1v) is 10.2. The number of carbonyl (C=O) groups excluding carboxylic acids is 3. The van der Waals surface area contributed by atoms with Crippen molar-refractivity contribution >= 4 is 17.9 Å². The standard InChI is InChI=1S/C21H31N3O6/c1-16(2)14-18(30-21(27)24-10-12-28-13-11-24)20(26)22-9-8-19(25)23-29-15-17-6-4-3-5-7-17/h3-7,16,18H,8-15H2,1-2H3,(H,22,26)(H,23,25). The highest BCUT2D eigenvalue weighted by Crippen LogP contribution is 2.11. The van der Waals surface area contributed by atoms with Gasteiger partial charge in [0.05, 0.1) is 19.8 Å². The quantitative estimate of drug-likeness (QED) is 0.556. The minimum atomic E-state index is -0.905. The second kappa shape index (κ2) is 12.8. The number of morpholine rings is 1. The summed E-state index contributed by atoms with van der Waals surface area (Å²) in [5, 5.41) is 2.66. The first kappa shape index (κ1) is 23.6. The third-order valence-corrected chi connectivity index (χ3v) is 4.41. The van der Waals surface area contributed by atoms with Gasteiger partial charge in [-0.1, -0.05) is 44.2 Å². The molecule has 9 nitrogen and oxygen atoms in total. The number of nitrogens with one attached hydrogen (secondary N) is 2. The minimum Gasteiger partial charge on any atom is -0.436 e. The molecule has 9 heteroatoms. The lowest BCUT2D eigenvalue weighted by atomic mass is 10.1. The summed E-state index contributed by atoms with van der Waals surface area (Å²) in [6, 6.07) is 9.44. The molecule has 2 N–H and O–H groups in total. The van der Waals surface area contributed by atoms with Gasteiger partial charge >= 0.3 is 6.09 Å². The molecule has 30 heavy (non-hydrogen) atoms. The molecule has 0 spiro atoms. The highest BCUT2D eigenvalue weighted by atomic mass is 16.6. The maximum atomic E-state index is 12.5. The molecule has 1 fully saturated rings. The molecule has 0 bridgehead atoms. The van der Waals surface area contributed by atoms with Gasteiger partial charge in [0.2, 0.25) is 5.91 Å². The Balaban J connectivity index is 1.70. The van der Waals surface area contributed by atoms with Crippen LogP contribution in [0.2, 0.25) is 0 Å². The van der Waals surface area contributed by atoms with E-state index in [9.17, 15) is 14.4 Å². The van der Waals surface area contributed by atoms with E-state index in [1.807, 2.05) is 44.2 Å². The monoisotopic (exact) mass is 421 g/mol. The first-order chi connectivity index (χ1) is 14.5. The molecule has 1 aliphatic rings. The molecule has 1 heterocycles.